The smallest absolute Gasteiger partial charge is 0.263 e. The lowest BCUT2D eigenvalue weighted by atomic mass is 10.1. The molecule has 0 saturated carbocycles. The number of carbonyl (C=O) groups is 1. The van der Waals surface area contributed by atoms with Crippen LogP contribution in [0.4, 0.5) is 11.4 Å². The topological polar surface area (TPSA) is 75.3 Å². The van der Waals surface area contributed by atoms with Crippen molar-refractivity contribution in [1.29, 1.82) is 0 Å². The molecule has 3 aromatic rings. The Hall–Kier alpha value is -2.83. The van der Waals surface area contributed by atoms with E-state index in [-0.39, 0.29) is 15.5 Å². The van der Waals surface area contributed by atoms with Gasteiger partial charge in [0.1, 0.15) is 4.90 Å². The third-order valence-electron chi connectivity index (χ3n) is 4.52. The Morgan fingerprint density at radius 1 is 0.862 bits per heavy atom. The molecule has 0 saturated heterocycles. The summed E-state index contributed by atoms with van der Waals surface area (Å²) in [7, 11) is -3.97. The summed E-state index contributed by atoms with van der Waals surface area (Å²) in [6.07, 6.45) is 0. The van der Waals surface area contributed by atoms with Crippen molar-refractivity contribution in [3.05, 3.63) is 87.9 Å². The standard InChI is InChI=1S/C22H21ClN2O3S/c1-14-5-4-6-18(11-14)24-22(26)17-8-10-20(23)21(13-17)29(27,28)25-19-9-7-15(2)16(3)12-19/h4-13,25H,1-3H3,(H,24,26). The number of benzene rings is 3. The van der Waals surface area contributed by atoms with Crippen molar-refractivity contribution >= 4 is 38.9 Å². The van der Waals surface area contributed by atoms with E-state index in [4.69, 9.17) is 11.6 Å². The van der Waals surface area contributed by atoms with Crippen molar-refractivity contribution in [3.8, 4) is 0 Å². The number of sulfonamides is 1. The summed E-state index contributed by atoms with van der Waals surface area (Å²) in [5, 5.41) is 2.80. The molecule has 0 bridgehead atoms. The number of rotatable bonds is 5. The van der Waals surface area contributed by atoms with E-state index in [9.17, 15) is 13.2 Å². The first kappa shape index (κ1) is 20.9. The molecule has 2 N–H and O–H groups in total. The highest BCUT2D eigenvalue weighted by Gasteiger charge is 2.21. The fraction of sp³-hybridized carbons (Fsp3) is 0.136. The van der Waals surface area contributed by atoms with Gasteiger partial charge in [-0.3, -0.25) is 9.52 Å². The van der Waals surface area contributed by atoms with Gasteiger partial charge in [0.05, 0.1) is 5.02 Å². The monoisotopic (exact) mass is 428 g/mol. The Labute approximate surface area is 175 Å². The predicted molar refractivity (Wildman–Crippen MR) is 117 cm³/mol. The van der Waals surface area contributed by atoms with Crippen molar-refractivity contribution in [2.45, 2.75) is 25.7 Å². The van der Waals surface area contributed by atoms with Crippen LogP contribution in [0.2, 0.25) is 5.02 Å². The molecule has 150 valence electrons. The number of hydrogen-bond donors (Lipinski definition) is 2. The molecule has 0 atom stereocenters. The van der Waals surface area contributed by atoms with E-state index in [1.165, 1.54) is 18.2 Å². The van der Waals surface area contributed by atoms with Gasteiger partial charge in [-0.1, -0.05) is 29.8 Å². The number of amides is 1. The minimum Gasteiger partial charge on any atom is -0.322 e. The number of aryl methyl sites for hydroxylation is 3. The van der Waals surface area contributed by atoms with Gasteiger partial charge >= 0.3 is 0 Å². The SMILES string of the molecule is Cc1cccc(NC(=O)c2ccc(Cl)c(S(=O)(=O)Nc3ccc(C)c(C)c3)c2)c1. The lowest BCUT2D eigenvalue weighted by molar-refractivity contribution is 0.102. The van der Waals surface area contributed by atoms with E-state index in [0.29, 0.717) is 11.4 Å². The summed E-state index contributed by atoms with van der Waals surface area (Å²) in [5.74, 6) is -0.421. The molecule has 0 heterocycles. The first-order valence-corrected chi connectivity index (χ1v) is 10.8. The fourth-order valence-corrected chi connectivity index (χ4v) is 4.37. The number of nitrogens with one attached hydrogen (secondary N) is 2. The maximum absolute atomic E-state index is 12.9. The number of anilines is 2. The average molecular weight is 429 g/mol. The molecule has 5 nitrogen and oxygen atoms in total. The van der Waals surface area contributed by atoms with Crippen LogP contribution in [0.3, 0.4) is 0 Å². The van der Waals surface area contributed by atoms with Gasteiger partial charge in [0.25, 0.3) is 15.9 Å². The van der Waals surface area contributed by atoms with Crippen molar-refractivity contribution in [2.24, 2.45) is 0 Å². The Morgan fingerprint density at radius 2 is 1.62 bits per heavy atom. The zero-order chi connectivity index (χ0) is 21.2. The highest BCUT2D eigenvalue weighted by atomic mass is 35.5. The summed E-state index contributed by atoms with van der Waals surface area (Å²) in [5.41, 5.74) is 4.26. The van der Waals surface area contributed by atoms with Crippen LogP contribution in [-0.2, 0) is 10.0 Å². The molecule has 7 heteroatoms. The molecule has 0 fully saturated rings. The molecule has 0 spiro atoms. The molecular formula is C22H21ClN2O3S. The Balaban J connectivity index is 1.89. The van der Waals surface area contributed by atoms with Crippen LogP contribution in [0, 0.1) is 20.8 Å². The van der Waals surface area contributed by atoms with Crippen LogP contribution in [-0.4, -0.2) is 14.3 Å². The van der Waals surface area contributed by atoms with Gasteiger partial charge in [0.15, 0.2) is 0 Å². The molecule has 0 aliphatic rings. The molecule has 1 amide bonds. The van der Waals surface area contributed by atoms with Crippen LogP contribution in [0.5, 0.6) is 0 Å². The molecule has 0 unspecified atom stereocenters. The van der Waals surface area contributed by atoms with Crippen LogP contribution in [0.15, 0.2) is 65.6 Å². The lowest BCUT2D eigenvalue weighted by Gasteiger charge is -2.12. The van der Waals surface area contributed by atoms with E-state index >= 15 is 0 Å². The zero-order valence-electron chi connectivity index (χ0n) is 16.3. The van der Waals surface area contributed by atoms with E-state index in [2.05, 4.69) is 10.0 Å². The van der Waals surface area contributed by atoms with Gasteiger partial charge in [0, 0.05) is 16.9 Å². The molecule has 0 aliphatic heterocycles. The van der Waals surface area contributed by atoms with Gasteiger partial charge in [0.2, 0.25) is 0 Å². The van der Waals surface area contributed by atoms with Crippen LogP contribution in [0.25, 0.3) is 0 Å². The van der Waals surface area contributed by atoms with Gasteiger partial charge in [-0.05, 0) is 79.9 Å². The van der Waals surface area contributed by atoms with E-state index in [1.807, 2.05) is 45.0 Å². The van der Waals surface area contributed by atoms with Gasteiger partial charge < -0.3 is 5.32 Å². The average Bonchev–Trinajstić information content (AvgIpc) is 2.64. The molecule has 0 aromatic heterocycles. The first-order chi connectivity index (χ1) is 13.7. The van der Waals surface area contributed by atoms with Crippen molar-refractivity contribution in [1.82, 2.24) is 0 Å². The Bertz CT molecular complexity index is 1190. The first-order valence-electron chi connectivity index (χ1n) is 8.93. The quantitative estimate of drug-likeness (QED) is 0.577. The van der Waals surface area contributed by atoms with E-state index in [1.54, 1.807) is 18.2 Å². The lowest BCUT2D eigenvalue weighted by Crippen LogP contribution is -2.16. The summed E-state index contributed by atoms with van der Waals surface area (Å²) in [6, 6.07) is 16.8. The van der Waals surface area contributed by atoms with Crippen LogP contribution >= 0.6 is 11.6 Å². The fourth-order valence-electron chi connectivity index (χ4n) is 2.79. The largest absolute Gasteiger partial charge is 0.322 e. The summed E-state index contributed by atoms with van der Waals surface area (Å²) in [4.78, 5) is 12.4. The second-order valence-electron chi connectivity index (χ2n) is 6.87. The normalized spacial score (nSPS) is 11.2. The van der Waals surface area contributed by atoms with E-state index < -0.39 is 15.9 Å². The highest BCUT2D eigenvalue weighted by molar-refractivity contribution is 7.92. The molecule has 0 radical (unpaired) electrons. The number of halogens is 1. The maximum Gasteiger partial charge on any atom is 0.263 e. The minimum absolute atomic E-state index is 0.0356. The number of hydrogen-bond acceptors (Lipinski definition) is 3. The maximum atomic E-state index is 12.9. The highest BCUT2D eigenvalue weighted by Crippen LogP contribution is 2.26. The second kappa shape index (κ2) is 8.27. The van der Waals surface area contributed by atoms with Crippen LogP contribution < -0.4 is 10.0 Å². The van der Waals surface area contributed by atoms with Crippen molar-refractivity contribution in [3.63, 3.8) is 0 Å². The summed E-state index contributed by atoms with van der Waals surface area (Å²) in [6.45, 7) is 5.76. The third-order valence-corrected chi connectivity index (χ3v) is 6.38. The Kier molecular flexibility index (Phi) is 5.96. The van der Waals surface area contributed by atoms with Crippen molar-refractivity contribution in [2.75, 3.05) is 10.0 Å². The number of carbonyl (C=O) groups excluding carboxylic acids is 1. The summed E-state index contributed by atoms with van der Waals surface area (Å²) >= 11 is 6.14. The zero-order valence-corrected chi connectivity index (χ0v) is 17.9. The predicted octanol–water partition coefficient (Wildman–Crippen LogP) is 5.32. The van der Waals surface area contributed by atoms with Gasteiger partial charge in [-0.15, -0.1) is 0 Å². The molecule has 3 aromatic carbocycles. The Morgan fingerprint density at radius 3 is 2.31 bits per heavy atom. The second-order valence-corrected chi connectivity index (χ2v) is 8.93. The van der Waals surface area contributed by atoms with Crippen LogP contribution in [0.1, 0.15) is 27.0 Å². The van der Waals surface area contributed by atoms with Gasteiger partial charge in [-0.25, -0.2) is 8.42 Å². The molecule has 29 heavy (non-hydrogen) atoms. The molecule has 3 rings (SSSR count). The van der Waals surface area contributed by atoms with Gasteiger partial charge in [-0.2, -0.15) is 0 Å². The van der Waals surface area contributed by atoms with E-state index in [0.717, 1.165) is 16.7 Å². The molecule has 0 aliphatic carbocycles. The van der Waals surface area contributed by atoms with Crippen molar-refractivity contribution < 1.29 is 13.2 Å². The molecular weight excluding hydrogens is 408 g/mol. The third kappa shape index (κ3) is 4.96. The summed E-state index contributed by atoms with van der Waals surface area (Å²) < 4.78 is 28.3. The minimum atomic E-state index is -3.97.